The van der Waals surface area contributed by atoms with Crippen molar-refractivity contribution in [2.75, 3.05) is 13.1 Å². The average molecular weight is 492 g/mol. The largest absolute Gasteiger partial charge is 0.350 e. The second kappa shape index (κ2) is 9.53. The second-order valence-corrected chi connectivity index (χ2v) is 11.2. The lowest BCUT2D eigenvalue weighted by molar-refractivity contribution is 0.0692. The van der Waals surface area contributed by atoms with Crippen LogP contribution in [0.4, 0.5) is 4.39 Å². The molecule has 7 heteroatoms. The highest BCUT2D eigenvalue weighted by molar-refractivity contribution is 7.15. The van der Waals surface area contributed by atoms with E-state index in [9.17, 15) is 14.0 Å². The lowest BCUT2D eigenvalue weighted by Gasteiger charge is -2.28. The van der Waals surface area contributed by atoms with Crippen molar-refractivity contribution in [3.63, 3.8) is 0 Å². The van der Waals surface area contributed by atoms with Gasteiger partial charge in [0.15, 0.2) is 0 Å². The maximum atomic E-state index is 13.9. The third-order valence-corrected chi connectivity index (χ3v) is 8.37. The Hall–Kier alpha value is -3.06. The first-order chi connectivity index (χ1) is 16.8. The van der Waals surface area contributed by atoms with Crippen molar-refractivity contribution in [1.29, 1.82) is 0 Å². The van der Waals surface area contributed by atoms with Crippen LogP contribution in [0.5, 0.6) is 0 Å². The van der Waals surface area contributed by atoms with E-state index in [1.54, 1.807) is 6.07 Å². The summed E-state index contributed by atoms with van der Waals surface area (Å²) in [6.45, 7) is 7.25. The molecule has 1 N–H and O–H groups in total. The highest BCUT2D eigenvalue weighted by Crippen LogP contribution is 2.45. The monoisotopic (exact) mass is 491 g/mol. The molecule has 2 heterocycles. The molecular weight excluding hydrogens is 461 g/mol. The zero-order valence-corrected chi connectivity index (χ0v) is 21.1. The molecule has 1 aliphatic carbocycles. The molecule has 3 aromatic rings. The van der Waals surface area contributed by atoms with Gasteiger partial charge in [-0.3, -0.25) is 9.59 Å². The number of benzene rings is 2. The van der Waals surface area contributed by atoms with Crippen LogP contribution in [0.1, 0.15) is 51.2 Å². The first-order valence-corrected chi connectivity index (χ1v) is 13.0. The van der Waals surface area contributed by atoms with Crippen molar-refractivity contribution in [3.8, 4) is 10.4 Å². The number of aromatic nitrogens is 1. The van der Waals surface area contributed by atoms with Gasteiger partial charge in [-0.25, -0.2) is 9.37 Å². The molecule has 35 heavy (non-hydrogen) atoms. The number of nitrogens with one attached hydrogen (secondary N) is 1. The van der Waals surface area contributed by atoms with Crippen LogP contribution in [0.3, 0.4) is 0 Å². The molecular formula is C28H30FN3O2S. The normalized spacial score (nSPS) is 23.4. The van der Waals surface area contributed by atoms with E-state index >= 15 is 0 Å². The van der Waals surface area contributed by atoms with Crippen LogP contribution in [0.25, 0.3) is 10.4 Å². The Bertz CT molecular complexity index is 1270. The number of likely N-dealkylation sites (tertiary alicyclic amines) is 1. The van der Waals surface area contributed by atoms with E-state index in [2.05, 4.69) is 23.3 Å². The molecule has 2 aliphatic rings. The summed E-state index contributed by atoms with van der Waals surface area (Å²) < 4.78 is 13.6. The first kappa shape index (κ1) is 23.7. The Kier molecular flexibility index (Phi) is 6.45. The van der Waals surface area contributed by atoms with Crippen LogP contribution >= 0.6 is 11.3 Å². The molecule has 182 valence electrons. The molecule has 1 saturated carbocycles. The minimum Gasteiger partial charge on any atom is -0.350 e. The van der Waals surface area contributed by atoms with E-state index in [1.807, 2.05) is 36.9 Å². The molecule has 5 rings (SSSR count). The van der Waals surface area contributed by atoms with Gasteiger partial charge in [-0.1, -0.05) is 42.8 Å². The van der Waals surface area contributed by atoms with Crippen LogP contribution in [0, 0.1) is 37.4 Å². The van der Waals surface area contributed by atoms with Gasteiger partial charge in [0.2, 0.25) is 0 Å². The van der Waals surface area contributed by atoms with Crippen LogP contribution in [0.15, 0.2) is 48.5 Å². The van der Waals surface area contributed by atoms with Gasteiger partial charge in [0.1, 0.15) is 11.5 Å². The lowest BCUT2D eigenvalue weighted by atomic mass is 9.93. The molecule has 2 amide bonds. The number of hydrogen-bond donors (Lipinski definition) is 1. The van der Waals surface area contributed by atoms with Crippen molar-refractivity contribution >= 4 is 23.2 Å². The molecule has 0 bridgehead atoms. The fourth-order valence-electron chi connectivity index (χ4n) is 5.86. The van der Waals surface area contributed by atoms with Crippen LogP contribution < -0.4 is 5.32 Å². The number of amides is 2. The van der Waals surface area contributed by atoms with Crippen LogP contribution in [-0.4, -0.2) is 40.8 Å². The third-order valence-electron chi connectivity index (χ3n) is 7.35. The fraction of sp³-hybridized carbons (Fsp3) is 0.393. The third kappa shape index (κ3) is 4.74. The highest BCUT2D eigenvalue weighted by Gasteiger charge is 2.48. The summed E-state index contributed by atoms with van der Waals surface area (Å²) in [5, 5.41) is 3.83. The molecule has 4 unspecified atom stereocenters. The van der Waals surface area contributed by atoms with Gasteiger partial charge < -0.3 is 10.2 Å². The van der Waals surface area contributed by atoms with Gasteiger partial charge in [-0.15, -0.1) is 11.3 Å². The number of carbonyl (C=O) groups excluding carboxylic acids is 2. The number of carbonyl (C=O) groups is 2. The number of halogens is 1. The van der Waals surface area contributed by atoms with Gasteiger partial charge >= 0.3 is 0 Å². The van der Waals surface area contributed by atoms with Crippen molar-refractivity contribution < 1.29 is 14.0 Å². The van der Waals surface area contributed by atoms with Crippen LogP contribution in [0.2, 0.25) is 0 Å². The van der Waals surface area contributed by atoms with Crippen molar-refractivity contribution in [2.24, 2.45) is 17.8 Å². The van der Waals surface area contributed by atoms with E-state index in [-0.39, 0.29) is 23.4 Å². The van der Waals surface area contributed by atoms with Gasteiger partial charge in [0, 0.05) is 18.7 Å². The minimum atomic E-state index is -0.442. The van der Waals surface area contributed by atoms with E-state index in [0.717, 1.165) is 33.9 Å². The minimum absolute atomic E-state index is 0.0714. The topological polar surface area (TPSA) is 62.3 Å². The number of nitrogens with zero attached hydrogens (tertiary/aromatic N) is 2. The van der Waals surface area contributed by atoms with Crippen LogP contribution in [-0.2, 0) is 0 Å². The van der Waals surface area contributed by atoms with Gasteiger partial charge in [-0.05, 0) is 68.2 Å². The molecule has 2 aromatic carbocycles. The molecule has 2 fully saturated rings. The summed E-state index contributed by atoms with van der Waals surface area (Å²) in [4.78, 5) is 34.1. The summed E-state index contributed by atoms with van der Waals surface area (Å²) in [6.07, 6.45) is 2.12. The van der Waals surface area contributed by atoms with E-state index in [4.69, 9.17) is 0 Å². The maximum absolute atomic E-state index is 13.9. The summed E-state index contributed by atoms with van der Waals surface area (Å²) >= 11 is 1.54. The standard InChI is InChI=1S/C28H30FN3O2S/c1-16-6-4-7-19(10-16)26-25(31-18(3)35-26)28(34)32-15-21-11-17(2)12-23(21)24(32)14-30-27(33)20-8-5-9-22(29)13-20/h4-10,13,17,21,23-24H,11-12,14-15H2,1-3H3,(H,30,33). The van der Waals surface area contributed by atoms with Gasteiger partial charge in [0.25, 0.3) is 11.8 Å². The lowest BCUT2D eigenvalue weighted by Crippen LogP contribution is -2.46. The Balaban J connectivity index is 1.41. The van der Waals surface area contributed by atoms with Crippen molar-refractivity contribution in [3.05, 3.63) is 76.2 Å². The summed E-state index contributed by atoms with van der Waals surface area (Å²) in [6, 6.07) is 13.7. The smallest absolute Gasteiger partial charge is 0.274 e. The average Bonchev–Trinajstić information content (AvgIpc) is 3.49. The first-order valence-electron chi connectivity index (χ1n) is 12.2. The fourth-order valence-corrected chi connectivity index (χ4v) is 6.77. The van der Waals surface area contributed by atoms with E-state index < -0.39 is 5.82 Å². The Morgan fingerprint density at radius 3 is 2.71 bits per heavy atom. The quantitative estimate of drug-likeness (QED) is 0.514. The zero-order valence-electron chi connectivity index (χ0n) is 20.3. The molecule has 0 spiro atoms. The molecule has 1 saturated heterocycles. The predicted octanol–water partition coefficient (Wildman–Crippen LogP) is 5.48. The summed E-state index contributed by atoms with van der Waals surface area (Å²) in [7, 11) is 0. The SMILES string of the molecule is Cc1cccc(-c2sc(C)nc2C(=O)N2CC3CC(C)CC3C2CNC(=O)c2cccc(F)c2)c1. The number of fused-ring (bicyclic) bond motifs is 1. The van der Waals surface area contributed by atoms with Crippen molar-refractivity contribution in [1.82, 2.24) is 15.2 Å². The second-order valence-electron chi connectivity index (χ2n) is 10.0. The van der Waals surface area contributed by atoms with E-state index in [1.165, 1.54) is 29.5 Å². The molecule has 5 nitrogen and oxygen atoms in total. The Labute approximate surface area is 209 Å². The van der Waals surface area contributed by atoms with Gasteiger partial charge in [0.05, 0.1) is 15.9 Å². The number of aryl methyl sites for hydroxylation is 2. The molecule has 0 radical (unpaired) electrons. The van der Waals surface area contributed by atoms with Crippen molar-refractivity contribution in [2.45, 2.75) is 39.7 Å². The predicted molar refractivity (Wildman–Crippen MR) is 136 cm³/mol. The summed E-state index contributed by atoms with van der Waals surface area (Å²) in [5.41, 5.74) is 2.92. The molecule has 1 aromatic heterocycles. The number of thiazole rings is 1. The Morgan fingerprint density at radius 2 is 1.94 bits per heavy atom. The van der Waals surface area contributed by atoms with Gasteiger partial charge in [-0.2, -0.15) is 0 Å². The highest BCUT2D eigenvalue weighted by atomic mass is 32.1. The van der Waals surface area contributed by atoms with E-state index in [0.29, 0.717) is 36.5 Å². The Morgan fingerprint density at radius 1 is 1.14 bits per heavy atom. The molecule has 4 atom stereocenters. The number of rotatable bonds is 5. The summed E-state index contributed by atoms with van der Waals surface area (Å²) in [5.74, 6) is 0.529. The zero-order chi connectivity index (χ0) is 24.7. The number of hydrogen-bond acceptors (Lipinski definition) is 4. The molecule has 1 aliphatic heterocycles. The maximum Gasteiger partial charge on any atom is 0.274 e.